The van der Waals surface area contributed by atoms with Crippen LogP contribution >= 0.6 is 0 Å². The second-order valence-electron chi connectivity index (χ2n) is 3.95. The average molecular weight is 207 g/mol. The molecule has 1 aliphatic rings. The highest BCUT2D eigenvalue weighted by atomic mass is 16.5. The number of aromatic hydroxyl groups is 1. The molecule has 0 spiro atoms. The van der Waals surface area contributed by atoms with Crippen molar-refractivity contribution in [1.29, 1.82) is 0 Å². The summed E-state index contributed by atoms with van der Waals surface area (Å²) in [4.78, 5) is 2.36. The van der Waals surface area contributed by atoms with Crippen molar-refractivity contribution in [2.75, 3.05) is 20.2 Å². The number of likely N-dealkylation sites (tertiary alicyclic amines) is 1. The first-order chi connectivity index (χ1) is 7.31. The second kappa shape index (κ2) is 4.53. The molecule has 2 rings (SSSR count). The van der Waals surface area contributed by atoms with Crippen LogP contribution in [0.2, 0.25) is 0 Å². The summed E-state index contributed by atoms with van der Waals surface area (Å²) in [7, 11) is 1.58. The molecule has 0 atom stereocenters. The van der Waals surface area contributed by atoms with Crippen molar-refractivity contribution in [3.8, 4) is 11.5 Å². The molecule has 15 heavy (non-hydrogen) atoms. The first kappa shape index (κ1) is 10.3. The largest absolute Gasteiger partial charge is 0.504 e. The Morgan fingerprint density at radius 2 is 2.07 bits per heavy atom. The highest BCUT2D eigenvalue weighted by Crippen LogP contribution is 2.30. The van der Waals surface area contributed by atoms with E-state index in [0.717, 1.165) is 25.2 Å². The van der Waals surface area contributed by atoms with E-state index in [1.807, 2.05) is 12.1 Å². The van der Waals surface area contributed by atoms with Gasteiger partial charge in [0.2, 0.25) is 0 Å². The molecule has 82 valence electrons. The number of benzene rings is 1. The Balaban J connectivity index is 2.13. The zero-order valence-corrected chi connectivity index (χ0v) is 9.07. The zero-order chi connectivity index (χ0) is 10.7. The summed E-state index contributed by atoms with van der Waals surface area (Å²) in [6, 6.07) is 5.66. The van der Waals surface area contributed by atoms with Crippen LogP contribution in [-0.2, 0) is 6.54 Å². The van der Waals surface area contributed by atoms with E-state index in [2.05, 4.69) is 4.90 Å². The summed E-state index contributed by atoms with van der Waals surface area (Å²) < 4.78 is 5.08. The molecule has 0 unspecified atom stereocenters. The van der Waals surface area contributed by atoms with Crippen molar-refractivity contribution in [2.24, 2.45) is 0 Å². The van der Waals surface area contributed by atoms with Gasteiger partial charge in [-0.05, 0) is 32.0 Å². The van der Waals surface area contributed by atoms with Gasteiger partial charge >= 0.3 is 0 Å². The maximum absolute atomic E-state index is 9.90. The minimum Gasteiger partial charge on any atom is -0.504 e. The Bertz CT molecular complexity index is 332. The molecule has 0 aliphatic carbocycles. The SMILES string of the molecule is COc1cccc(CN2CCCC2)c1O. The van der Waals surface area contributed by atoms with Crippen molar-refractivity contribution in [3.63, 3.8) is 0 Å². The molecule has 1 heterocycles. The minimum atomic E-state index is 0.284. The third kappa shape index (κ3) is 2.23. The predicted octanol–water partition coefficient (Wildman–Crippen LogP) is 2.00. The number of phenolic OH excluding ortho intramolecular Hbond substituents is 1. The van der Waals surface area contributed by atoms with Crippen molar-refractivity contribution in [1.82, 2.24) is 4.90 Å². The van der Waals surface area contributed by atoms with Crippen molar-refractivity contribution in [2.45, 2.75) is 19.4 Å². The molecule has 1 aromatic rings. The van der Waals surface area contributed by atoms with E-state index in [1.54, 1.807) is 13.2 Å². The van der Waals surface area contributed by atoms with Crippen molar-refractivity contribution >= 4 is 0 Å². The van der Waals surface area contributed by atoms with Crippen LogP contribution in [0.15, 0.2) is 18.2 Å². The zero-order valence-electron chi connectivity index (χ0n) is 9.07. The maximum atomic E-state index is 9.90. The molecule has 1 aromatic carbocycles. The number of hydrogen-bond donors (Lipinski definition) is 1. The van der Waals surface area contributed by atoms with Crippen LogP contribution in [-0.4, -0.2) is 30.2 Å². The van der Waals surface area contributed by atoms with E-state index < -0.39 is 0 Å². The fourth-order valence-corrected chi connectivity index (χ4v) is 2.04. The predicted molar refractivity (Wildman–Crippen MR) is 59.2 cm³/mol. The first-order valence-corrected chi connectivity index (χ1v) is 5.38. The van der Waals surface area contributed by atoms with Gasteiger partial charge in [0, 0.05) is 12.1 Å². The van der Waals surface area contributed by atoms with Gasteiger partial charge in [0.1, 0.15) is 0 Å². The van der Waals surface area contributed by atoms with Gasteiger partial charge < -0.3 is 9.84 Å². The number of para-hydroxylation sites is 1. The fraction of sp³-hybridized carbons (Fsp3) is 0.500. The van der Waals surface area contributed by atoms with E-state index in [4.69, 9.17) is 4.74 Å². The normalized spacial score (nSPS) is 16.9. The summed E-state index contributed by atoms with van der Waals surface area (Å²) in [6.07, 6.45) is 2.54. The van der Waals surface area contributed by atoms with E-state index in [-0.39, 0.29) is 5.75 Å². The molecule has 3 nitrogen and oxygen atoms in total. The summed E-state index contributed by atoms with van der Waals surface area (Å²) in [5.41, 5.74) is 0.955. The Labute approximate surface area is 90.3 Å². The Kier molecular flexibility index (Phi) is 3.11. The lowest BCUT2D eigenvalue weighted by atomic mass is 10.2. The van der Waals surface area contributed by atoms with E-state index in [0.29, 0.717) is 5.75 Å². The van der Waals surface area contributed by atoms with Crippen LogP contribution in [0.25, 0.3) is 0 Å². The maximum Gasteiger partial charge on any atom is 0.162 e. The topological polar surface area (TPSA) is 32.7 Å². The second-order valence-corrected chi connectivity index (χ2v) is 3.95. The van der Waals surface area contributed by atoms with Gasteiger partial charge in [-0.15, -0.1) is 0 Å². The molecule has 0 saturated carbocycles. The van der Waals surface area contributed by atoms with Crippen LogP contribution in [0, 0.1) is 0 Å². The quantitative estimate of drug-likeness (QED) is 0.822. The number of rotatable bonds is 3. The van der Waals surface area contributed by atoms with E-state index in [1.165, 1.54) is 12.8 Å². The highest BCUT2D eigenvalue weighted by Gasteiger charge is 2.15. The smallest absolute Gasteiger partial charge is 0.162 e. The van der Waals surface area contributed by atoms with Gasteiger partial charge in [0.15, 0.2) is 11.5 Å². The van der Waals surface area contributed by atoms with Crippen molar-refractivity contribution < 1.29 is 9.84 Å². The molecule has 0 amide bonds. The number of methoxy groups -OCH3 is 1. The number of nitrogens with zero attached hydrogens (tertiary/aromatic N) is 1. The number of ether oxygens (including phenoxy) is 1. The molecule has 0 aromatic heterocycles. The standard InChI is InChI=1S/C12H17NO2/c1-15-11-6-4-5-10(12(11)14)9-13-7-2-3-8-13/h4-6,14H,2-3,7-9H2,1H3. The summed E-state index contributed by atoms with van der Waals surface area (Å²) >= 11 is 0. The Morgan fingerprint density at radius 1 is 1.33 bits per heavy atom. The molecule has 3 heteroatoms. The van der Waals surface area contributed by atoms with Gasteiger partial charge in [-0.25, -0.2) is 0 Å². The van der Waals surface area contributed by atoms with E-state index >= 15 is 0 Å². The average Bonchev–Trinajstić information content (AvgIpc) is 2.74. The fourth-order valence-electron chi connectivity index (χ4n) is 2.04. The lowest BCUT2D eigenvalue weighted by molar-refractivity contribution is 0.317. The minimum absolute atomic E-state index is 0.284. The first-order valence-electron chi connectivity index (χ1n) is 5.38. The monoisotopic (exact) mass is 207 g/mol. The highest BCUT2D eigenvalue weighted by molar-refractivity contribution is 5.45. The molecule has 1 aliphatic heterocycles. The van der Waals surface area contributed by atoms with Gasteiger partial charge in [-0.3, -0.25) is 4.90 Å². The Morgan fingerprint density at radius 3 is 2.73 bits per heavy atom. The molecule has 0 radical (unpaired) electrons. The van der Waals surface area contributed by atoms with Crippen LogP contribution < -0.4 is 4.74 Å². The number of phenols is 1. The third-order valence-electron chi connectivity index (χ3n) is 2.90. The third-order valence-corrected chi connectivity index (χ3v) is 2.90. The van der Waals surface area contributed by atoms with Gasteiger partial charge in [-0.2, -0.15) is 0 Å². The lowest BCUT2D eigenvalue weighted by Gasteiger charge is -2.16. The molecule has 1 N–H and O–H groups in total. The molecular formula is C12H17NO2. The van der Waals surface area contributed by atoms with E-state index in [9.17, 15) is 5.11 Å². The summed E-state index contributed by atoms with van der Waals surface area (Å²) in [5, 5.41) is 9.90. The van der Waals surface area contributed by atoms with Gasteiger partial charge in [0.25, 0.3) is 0 Å². The van der Waals surface area contributed by atoms with Crippen LogP contribution in [0.3, 0.4) is 0 Å². The summed E-state index contributed by atoms with van der Waals surface area (Å²) in [6.45, 7) is 3.09. The number of hydrogen-bond acceptors (Lipinski definition) is 3. The summed E-state index contributed by atoms with van der Waals surface area (Å²) in [5.74, 6) is 0.846. The van der Waals surface area contributed by atoms with Crippen molar-refractivity contribution in [3.05, 3.63) is 23.8 Å². The van der Waals surface area contributed by atoms with Gasteiger partial charge in [-0.1, -0.05) is 12.1 Å². The lowest BCUT2D eigenvalue weighted by Crippen LogP contribution is -2.18. The molecular weight excluding hydrogens is 190 g/mol. The van der Waals surface area contributed by atoms with Crippen LogP contribution in [0.1, 0.15) is 18.4 Å². The molecule has 0 bridgehead atoms. The van der Waals surface area contributed by atoms with Gasteiger partial charge in [0.05, 0.1) is 7.11 Å². The molecule has 1 fully saturated rings. The van der Waals surface area contributed by atoms with Crippen LogP contribution in [0.4, 0.5) is 0 Å². The Hall–Kier alpha value is -1.22. The van der Waals surface area contributed by atoms with Crippen LogP contribution in [0.5, 0.6) is 11.5 Å². The molecule has 1 saturated heterocycles.